The van der Waals surface area contributed by atoms with E-state index in [1.807, 2.05) is 39.0 Å². The molecule has 7 heteroatoms. The Morgan fingerprint density at radius 1 is 1.21 bits per heavy atom. The highest BCUT2D eigenvalue weighted by molar-refractivity contribution is 8.02. The largest absolute Gasteiger partial charge is 0.360 e. The van der Waals surface area contributed by atoms with Crippen LogP contribution in [0.1, 0.15) is 31.9 Å². The molecule has 2 rings (SSSR count). The van der Waals surface area contributed by atoms with Gasteiger partial charge in [0.25, 0.3) is 0 Å². The van der Waals surface area contributed by atoms with Crippen molar-refractivity contribution in [3.8, 4) is 0 Å². The number of carbonyl (C=O) groups excluding carboxylic acids is 1. The Kier molecular flexibility index (Phi) is 6.62. The Morgan fingerprint density at radius 3 is 2.50 bits per heavy atom. The maximum atomic E-state index is 12.5. The molecule has 1 heterocycles. The molecule has 1 aromatic heterocycles. The van der Waals surface area contributed by atoms with E-state index in [0.29, 0.717) is 5.92 Å². The van der Waals surface area contributed by atoms with Crippen LogP contribution in [0.3, 0.4) is 0 Å². The van der Waals surface area contributed by atoms with Crippen molar-refractivity contribution >= 4 is 39.8 Å². The number of anilines is 2. The van der Waals surface area contributed by atoms with Gasteiger partial charge < -0.3 is 10.6 Å². The van der Waals surface area contributed by atoms with Gasteiger partial charge in [-0.25, -0.2) is 0 Å². The van der Waals surface area contributed by atoms with Crippen molar-refractivity contribution in [1.82, 2.24) is 10.2 Å². The molecule has 1 atom stereocenters. The standard InChI is InChI=1S/C17H24N4OS2/c1-10(2)9-18-16-20-21-17(24-16)23-13(5)15(22)19-14-11(3)7-6-8-12(14)4/h6-8,10,13H,9H2,1-5H3,(H,18,20)(H,19,22)/t13-/m1/s1. The average Bonchev–Trinajstić information content (AvgIpc) is 2.96. The Balaban J connectivity index is 1.94. The van der Waals surface area contributed by atoms with Crippen LogP contribution >= 0.6 is 23.1 Å². The number of thioether (sulfide) groups is 1. The van der Waals surface area contributed by atoms with Gasteiger partial charge in [-0.1, -0.05) is 55.1 Å². The predicted molar refractivity (Wildman–Crippen MR) is 103 cm³/mol. The van der Waals surface area contributed by atoms with Crippen LogP contribution < -0.4 is 10.6 Å². The second kappa shape index (κ2) is 8.48. The van der Waals surface area contributed by atoms with E-state index in [1.54, 1.807) is 0 Å². The van der Waals surface area contributed by atoms with Crippen LogP contribution in [0.4, 0.5) is 10.8 Å². The summed E-state index contributed by atoms with van der Waals surface area (Å²) in [6, 6.07) is 5.99. The molecular formula is C17H24N4OS2. The van der Waals surface area contributed by atoms with E-state index >= 15 is 0 Å². The number of para-hydroxylation sites is 1. The fraction of sp³-hybridized carbons (Fsp3) is 0.471. The van der Waals surface area contributed by atoms with Gasteiger partial charge in [0, 0.05) is 12.2 Å². The number of benzene rings is 1. The summed E-state index contributed by atoms with van der Waals surface area (Å²) in [6.07, 6.45) is 0. The van der Waals surface area contributed by atoms with Gasteiger partial charge in [0.1, 0.15) is 0 Å². The number of rotatable bonds is 7. The third-order valence-electron chi connectivity index (χ3n) is 3.44. The van der Waals surface area contributed by atoms with Gasteiger partial charge in [-0.3, -0.25) is 4.79 Å². The lowest BCUT2D eigenvalue weighted by Gasteiger charge is -2.14. The highest BCUT2D eigenvalue weighted by Crippen LogP contribution is 2.30. The molecule has 0 bridgehead atoms. The first-order valence-electron chi connectivity index (χ1n) is 7.98. The Labute approximate surface area is 151 Å². The Bertz CT molecular complexity index is 679. The summed E-state index contributed by atoms with van der Waals surface area (Å²) in [5.74, 6) is 0.524. The SMILES string of the molecule is Cc1cccc(C)c1NC(=O)[C@@H](C)Sc1nnc(NCC(C)C)s1. The quantitative estimate of drug-likeness (QED) is 0.715. The van der Waals surface area contributed by atoms with Gasteiger partial charge in [-0.2, -0.15) is 0 Å². The molecule has 1 amide bonds. The summed E-state index contributed by atoms with van der Waals surface area (Å²) in [4.78, 5) is 12.5. The molecule has 1 aromatic carbocycles. The summed E-state index contributed by atoms with van der Waals surface area (Å²) in [5.41, 5.74) is 3.03. The van der Waals surface area contributed by atoms with Gasteiger partial charge in [-0.15, -0.1) is 10.2 Å². The van der Waals surface area contributed by atoms with Crippen LogP contribution in [0, 0.1) is 19.8 Å². The van der Waals surface area contributed by atoms with Gasteiger partial charge in [0.15, 0.2) is 4.34 Å². The summed E-state index contributed by atoms with van der Waals surface area (Å²) in [6.45, 7) is 11.0. The zero-order valence-electron chi connectivity index (χ0n) is 14.7. The van der Waals surface area contributed by atoms with E-state index in [1.165, 1.54) is 23.1 Å². The second-order valence-electron chi connectivity index (χ2n) is 6.16. The zero-order chi connectivity index (χ0) is 17.7. The van der Waals surface area contributed by atoms with E-state index < -0.39 is 0 Å². The van der Waals surface area contributed by atoms with E-state index in [-0.39, 0.29) is 11.2 Å². The molecule has 0 radical (unpaired) electrons. The van der Waals surface area contributed by atoms with Crippen molar-refractivity contribution in [1.29, 1.82) is 0 Å². The molecular weight excluding hydrogens is 340 g/mol. The summed E-state index contributed by atoms with van der Waals surface area (Å²) < 4.78 is 0.797. The van der Waals surface area contributed by atoms with Crippen LogP contribution in [0.2, 0.25) is 0 Å². The van der Waals surface area contributed by atoms with Crippen molar-refractivity contribution < 1.29 is 4.79 Å². The monoisotopic (exact) mass is 364 g/mol. The maximum Gasteiger partial charge on any atom is 0.237 e. The Hall–Kier alpha value is -1.60. The molecule has 0 aliphatic heterocycles. The van der Waals surface area contributed by atoms with Crippen LogP contribution in [0.25, 0.3) is 0 Å². The van der Waals surface area contributed by atoms with Crippen molar-refractivity contribution in [3.05, 3.63) is 29.3 Å². The van der Waals surface area contributed by atoms with Gasteiger partial charge in [0.2, 0.25) is 11.0 Å². The minimum atomic E-state index is -0.241. The molecule has 0 spiro atoms. The number of hydrogen-bond donors (Lipinski definition) is 2. The van der Waals surface area contributed by atoms with Crippen LogP contribution in [-0.2, 0) is 4.79 Å². The normalized spacial score (nSPS) is 12.2. The summed E-state index contributed by atoms with van der Waals surface area (Å²) >= 11 is 2.91. The summed E-state index contributed by atoms with van der Waals surface area (Å²) in [7, 11) is 0. The molecule has 0 aliphatic carbocycles. The lowest BCUT2D eigenvalue weighted by atomic mass is 10.1. The molecule has 24 heavy (non-hydrogen) atoms. The number of carbonyl (C=O) groups is 1. The fourth-order valence-corrected chi connectivity index (χ4v) is 3.96. The third kappa shape index (κ3) is 5.21. The first-order chi connectivity index (χ1) is 11.4. The first-order valence-corrected chi connectivity index (χ1v) is 9.67. The molecule has 130 valence electrons. The third-order valence-corrected chi connectivity index (χ3v) is 5.51. The van der Waals surface area contributed by atoms with E-state index in [4.69, 9.17) is 0 Å². The van der Waals surface area contributed by atoms with Crippen LogP contribution in [0.5, 0.6) is 0 Å². The van der Waals surface area contributed by atoms with Gasteiger partial charge >= 0.3 is 0 Å². The van der Waals surface area contributed by atoms with Crippen molar-refractivity contribution in [2.24, 2.45) is 5.92 Å². The van der Waals surface area contributed by atoms with Gasteiger partial charge in [-0.05, 0) is 37.8 Å². The van der Waals surface area contributed by atoms with Crippen molar-refractivity contribution in [2.45, 2.75) is 44.2 Å². The lowest BCUT2D eigenvalue weighted by Crippen LogP contribution is -2.23. The second-order valence-corrected chi connectivity index (χ2v) is 8.73. The highest BCUT2D eigenvalue weighted by Gasteiger charge is 2.18. The number of nitrogens with one attached hydrogen (secondary N) is 2. The molecule has 0 fully saturated rings. The topological polar surface area (TPSA) is 66.9 Å². The fourth-order valence-electron chi connectivity index (χ4n) is 2.06. The van der Waals surface area contributed by atoms with Crippen LogP contribution in [0.15, 0.2) is 22.5 Å². The lowest BCUT2D eigenvalue weighted by molar-refractivity contribution is -0.115. The molecule has 5 nitrogen and oxygen atoms in total. The highest BCUT2D eigenvalue weighted by atomic mass is 32.2. The number of nitrogens with zero attached hydrogens (tertiary/aromatic N) is 2. The molecule has 0 unspecified atom stereocenters. The Morgan fingerprint density at radius 2 is 1.88 bits per heavy atom. The van der Waals surface area contributed by atoms with E-state index in [9.17, 15) is 4.79 Å². The molecule has 0 aliphatic rings. The molecule has 0 saturated heterocycles. The number of aryl methyl sites for hydroxylation is 2. The van der Waals surface area contributed by atoms with Crippen molar-refractivity contribution in [2.75, 3.05) is 17.2 Å². The minimum absolute atomic E-state index is 0.0238. The van der Waals surface area contributed by atoms with Crippen molar-refractivity contribution in [3.63, 3.8) is 0 Å². The first kappa shape index (κ1) is 18.7. The smallest absolute Gasteiger partial charge is 0.237 e. The molecule has 2 N–H and O–H groups in total. The van der Waals surface area contributed by atoms with E-state index in [2.05, 4.69) is 34.7 Å². The zero-order valence-corrected chi connectivity index (χ0v) is 16.3. The molecule has 2 aromatic rings. The number of hydrogen-bond acceptors (Lipinski definition) is 6. The predicted octanol–water partition coefficient (Wildman–Crippen LogP) is 4.34. The minimum Gasteiger partial charge on any atom is -0.360 e. The van der Waals surface area contributed by atoms with Gasteiger partial charge in [0.05, 0.1) is 5.25 Å². The number of amides is 1. The van der Waals surface area contributed by atoms with Crippen LogP contribution in [-0.4, -0.2) is 27.9 Å². The summed E-state index contributed by atoms with van der Waals surface area (Å²) in [5, 5.41) is 15.1. The molecule has 0 saturated carbocycles. The number of aromatic nitrogens is 2. The maximum absolute atomic E-state index is 12.5. The van der Waals surface area contributed by atoms with E-state index in [0.717, 1.165) is 32.8 Å². The average molecular weight is 365 g/mol.